The molecule has 2 heterocycles. The average molecular weight is 510 g/mol. The van der Waals surface area contributed by atoms with E-state index in [0.717, 1.165) is 0 Å². The molecule has 1 aliphatic rings. The number of hydrogen-bond donors (Lipinski definition) is 4. The smallest absolute Gasteiger partial charge is 0.225 e. The predicted octanol–water partition coefficient (Wildman–Crippen LogP) is 4.42. The first-order valence-corrected chi connectivity index (χ1v) is 11.9. The van der Waals surface area contributed by atoms with Crippen molar-refractivity contribution in [2.24, 2.45) is 11.7 Å². The summed E-state index contributed by atoms with van der Waals surface area (Å²) in [6.45, 7) is 1.90. The van der Waals surface area contributed by atoms with E-state index in [-0.39, 0.29) is 40.6 Å². The Balaban J connectivity index is 1.76. The summed E-state index contributed by atoms with van der Waals surface area (Å²) in [6, 6.07) is 2.13. The van der Waals surface area contributed by atoms with Crippen LogP contribution in [-0.4, -0.2) is 43.2 Å². The zero-order valence-corrected chi connectivity index (χ0v) is 20.1. The SMILES string of the molecule is CCC(CO)Nc1ncc2nc(Nc3c(Cl)cc(F)cc3Cl)n([C@H]3CC[C@@H](C(N)=O)CC3)c2n1. The number of aliphatic hydroxyl groups is 1. The standard InChI is InChI=1S/C22H26Cl2FN7O2/c1-2-13(10-33)28-21-27-9-17-20(31-21)32(14-5-3-11(4-6-14)19(26)34)22(29-17)30-18-15(23)7-12(25)8-16(18)24/h7-9,11,13-14,33H,2-6,10H2,1H3,(H2,26,34)(H,29,30)(H,27,28,31)/t11-,13?,14+. The molecule has 3 aromatic rings. The molecule has 1 aromatic carbocycles. The van der Waals surface area contributed by atoms with Crippen LogP contribution >= 0.6 is 23.2 Å². The number of primary amides is 1. The normalized spacial score (nSPS) is 19.2. The highest BCUT2D eigenvalue weighted by molar-refractivity contribution is 6.39. The van der Waals surface area contributed by atoms with Crippen molar-refractivity contribution in [1.29, 1.82) is 0 Å². The van der Waals surface area contributed by atoms with Crippen molar-refractivity contribution in [2.45, 2.75) is 51.1 Å². The van der Waals surface area contributed by atoms with E-state index in [9.17, 15) is 14.3 Å². The minimum atomic E-state index is -0.547. The summed E-state index contributed by atoms with van der Waals surface area (Å²) in [5, 5.41) is 16.0. The van der Waals surface area contributed by atoms with Gasteiger partial charge in [0.05, 0.1) is 34.6 Å². The van der Waals surface area contributed by atoms with Gasteiger partial charge in [0.1, 0.15) is 11.3 Å². The molecule has 182 valence electrons. The van der Waals surface area contributed by atoms with Crippen LogP contribution in [0.3, 0.4) is 0 Å². The maximum absolute atomic E-state index is 13.7. The number of fused-ring (bicyclic) bond motifs is 1. The second-order valence-electron chi connectivity index (χ2n) is 8.42. The second-order valence-corrected chi connectivity index (χ2v) is 9.23. The molecule has 5 N–H and O–H groups in total. The number of benzene rings is 1. The third-order valence-electron chi connectivity index (χ3n) is 6.19. The summed E-state index contributed by atoms with van der Waals surface area (Å²) >= 11 is 12.5. The van der Waals surface area contributed by atoms with Gasteiger partial charge in [-0.3, -0.25) is 9.36 Å². The molecule has 1 atom stereocenters. The topological polar surface area (TPSA) is 131 Å². The Morgan fingerprint density at radius 2 is 1.94 bits per heavy atom. The zero-order chi connectivity index (χ0) is 24.4. The van der Waals surface area contributed by atoms with E-state index in [2.05, 4.69) is 25.6 Å². The lowest BCUT2D eigenvalue weighted by Gasteiger charge is -2.29. The quantitative estimate of drug-likeness (QED) is 0.353. The summed E-state index contributed by atoms with van der Waals surface area (Å²) < 4.78 is 15.6. The summed E-state index contributed by atoms with van der Waals surface area (Å²) in [7, 11) is 0. The van der Waals surface area contributed by atoms with Crippen LogP contribution < -0.4 is 16.4 Å². The first-order chi connectivity index (χ1) is 16.3. The molecule has 1 saturated carbocycles. The van der Waals surface area contributed by atoms with Crippen molar-refractivity contribution in [1.82, 2.24) is 19.5 Å². The van der Waals surface area contributed by atoms with Crippen LogP contribution in [0.2, 0.25) is 10.0 Å². The van der Waals surface area contributed by atoms with Gasteiger partial charge in [-0.25, -0.2) is 14.4 Å². The van der Waals surface area contributed by atoms with E-state index in [4.69, 9.17) is 28.9 Å². The number of nitrogens with zero attached hydrogens (tertiary/aromatic N) is 4. The number of aromatic nitrogens is 4. The molecule has 1 unspecified atom stereocenters. The number of hydrogen-bond acceptors (Lipinski definition) is 7. The van der Waals surface area contributed by atoms with Crippen LogP contribution in [0.25, 0.3) is 11.2 Å². The van der Waals surface area contributed by atoms with Gasteiger partial charge in [0.2, 0.25) is 17.8 Å². The first-order valence-electron chi connectivity index (χ1n) is 11.1. The molecule has 12 heteroatoms. The molecule has 0 spiro atoms. The maximum atomic E-state index is 13.7. The van der Waals surface area contributed by atoms with Gasteiger partial charge < -0.3 is 21.5 Å². The number of aliphatic hydroxyl groups excluding tert-OH is 1. The van der Waals surface area contributed by atoms with E-state index in [1.165, 1.54) is 12.1 Å². The van der Waals surface area contributed by atoms with E-state index >= 15 is 0 Å². The summed E-state index contributed by atoms with van der Waals surface area (Å²) in [5.74, 6) is -0.209. The molecule has 1 aliphatic carbocycles. The predicted molar refractivity (Wildman–Crippen MR) is 130 cm³/mol. The van der Waals surface area contributed by atoms with Crippen molar-refractivity contribution in [3.63, 3.8) is 0 Å². The van der Waals surface area contributed by atoms with E-state index in [0.29, 0.717) is 60.9 Å². The molecule has 0 bridgehead atoms. The van der Waals surface area contributed by atoms with Crippen molar-refractivity contribution in [3.8, 4) is 0 Å². The van der Waals surface area contributed by atoms with Gasteiger partial charge in [-0.2, -0.15) is 4.98 Å². The van der Waals surface area contributed by atoms with Crippen molar-refractivity contribution in [3.05, 3.63) is 34.2 Å². The molecule has 34 heavy (non-hydrogen) atoms. The highest BCUT2D eigenvalue weighted by Crippen LogP contribution is 2.39. The summed E-state index contributed by atoms with van der Waals surface area (Å²) in [5.41, 5.74) is 6.95. The number of halogens is 3. The number of rotatable bonds is 8. The fourth-order valence-corrected chi connectivity index (χ4v) is 4.80. The van der Waals surface area contributed by atoms with Gasteiger partial charge >= 0.3 is 0 Å². The zero-order valence-electron chi connectivity index (χ0n) is 18.6. The summed E-state index contributed by atoms with van der Waals surface area (Å²) in [6.07, 6.45) is 4.98. The van der Waals surface area contributed by atoms with Gasteiger partial charge in [-0.1, -0.05) is 30.1 Å². The molecule has 4 rings (SSSR count). The molecule has 0 radical (unpaired) electrons. The molecule has 0 aliphatic heterocycles. The number of nitrogens with two attached hydrogens (primary N) is 1. The van der Waals surface area contributed by atoms with Crippen LogP contribution in [0.15, 0.2) is 18.3 Å². The monoisotopic (exact) mass is 509 g/mol. The number of carbonyl (C=O) groups is 1. The van der Waals surface area contributed by atoms with Crippen molar-refractivity contribution < 1.29 is 14.3 Å². The van der Waals surface area contributed by atoms with E-state index in [1.54, 1.807) is 6.20 Å². The largest absolute Gasteiger partial charge is 0.394 e. The van der Waals surface area contributed by atoms with Gasteiger partial charge in [0.15, 0.2) is 5.65 Å². The van der Waals surface area contributed by atoms with E-state index < -0.39 is 5.82 Å². The van der Waals surface area contributed by atoms with Gasteiger partial charge in [0.25, 0.3) is 0 Å². The number of nitrogens with one attached hydrogen (secondary N) is 2. The number of carbonyl (C=O) groups excluding carboxylic acids is 1. The molecule has 0 saturated heterocycles. The fraction of sp³-hybridized carbons (Fsp3) is 0.455. The van der Waals surface area contributed by atoms with Crippen LogP contribution in [0, 0.1) is 11.7 Å². The fourth-order valence-electron chi connectivity index (χ4n) is 4.25. The third-order valence-corrected chi connectivity index (χ3v) is 6.78. The molecular formula is C22H26Cl2FN7O2. The van der Waals surface area contributed by atoms with Crippen LogP contribution in [0.4, 0.5) is 22.0 Å². The van der Waals surface area contributed by atoms with Gasteiger partial charge in [-0.05, 0) is 44.2 Å². The highest BCUT2D eigenvalue weighted by atomic mass is 35.5. The van der Waals surface area contributed by atoms with Crippen LogP contribution in [-0.2, 0) is 4.79 Å². The maximum Gasteiger partial charge on any atom is 0.225 e. The lowest BCUT2D eigenvalue weighted by atomic mass is 9.85. The molecule has 2 aromatic heterocycles. The third kappa shape index (κ3) is 5.03. The average Bonchev–Trinajstić information content (AvgIpc) is 3.17. The lowest BCUT2D eigenvalue weighted by molar-refractivity contribution is -0.122. The van der Waals surface area contributed by atoms with Crippen LogP contribution in [0.5, 0.6) is 0 Å². The summed E-state index contributed by atoms with van der Waals surface area (Å²) in [4.78, 5) is 25.3. The highest BCUT2D eigenvalue weighted by Gasteiger charge is 2.29. The van der Waals surface area contributed by atoms with E-state index in [1.807, 2.05) is 11.5 Å². The number of anilines is 3. The molecule has 1 fully saturated rings. The lowest BCUT2D eigenvalue weighted by Crippen LogP contribution is -2.29. The van der Waals surface area contributed by atoms with Crippen molar-refractivity contribution >= 4 is 57.9 Å². The Morgan fingerprint density at radius 1 is 1.26 bits per heavy atom. The second kappa shape index (κ2) is 10.3. The Hall–Kier alpha value is -2.69. The minimum absolute atomic E-state index is 0.0244. The molecular weight excluding hydrogens is 484 g/mol. The minimum Gasteiger partial charge on any atom is -0.394 e. The Labute approximate surface area is 205 Å². The number of imidazole rings is 1. The Bertz CT molecular complexity index is 1170. The first kappa shape index (κ1) is 24.4. The molecule has 9 nitrogen and oxygen atoms in total. The van der Waals surface area contributed by atoms with Gasteiger partial charge in [-0.15, -0.1) is 0 Å². The number of amides is 1. The Morgan fingerprint density at radius 3 is 2.53 bits per heavy atom. The van der Waals surface area contributed by atoms with Crippen LogP contribution in [0.1, 0.15) is 45.1 Å². The molecule has 1 amide bonds. The Kier molecular flexibility index (Phi) is 7.39. The van der Waals surface area contributed by atoms with Gasteiger partial charge in [0, 0.05) is 12.0 Å². The van der Waals surface area contributed by atoms with Crippen molar-refractivity contribution in [2.75, 3.05) is 17.2 Å².